The number of nitrogens with zero attached hydrogens (tertiary/aromatic N) is 6. The van der Waals surface area contributed by atoms with Crippen molar-refractivity contribution in [3.8, 4) is 0 Å². The number of carboxylic acids is 1. The highest BCUT2D eigenvalue weighted by atomic mass is 19.4. The highest BCUT2D eigenvalue weighted by molar-refractivity contribution is 5.91. The molecule has 2 N–H and O–H groups in total. The summed E-state index contributed by atoms with van der Waals surface area (Å²) in [6, 6.07) is 5.91. The van der Waals surface area contributed by atoms with Gasteiger partial charge in [-0.1, -0.05) is 0 Å². The van der Waals surface area contributed by atoms with Gasteiger partial charge in [0.15, 0.2) is 5.65 Å². The van der Waals surface area contributed by atoms with Crippen LogP contribution >= 0.6 is 0 Å². The SMILES string of the molecule is Cc1cnc2c(cnn2CC(=O)Nc2cc(N3CCN(C)CC3)ccn2)c1.O=C(O)C(F)(F)F. The molecule has 0 aromatic carbocycles. The third-order valence-electron chi connectivity index (χ3n) is 5.03. The normalized spacial score (nSPS) is 14.4. The number of piperazine rings is 1. The van der Waals surface area contributed by atoms with Crippen molar-refractivity contribution in [2.75, 3.05) is 43.4 Å². The molecule has 1 fully saturated rings. The van der Waals surface area contributed by atoms with Crippen LogP contribution < -0.4 is 10.2 Å². The first kappa shape index (κ1) is 24.9. The minimum absolute atomic E-state index is 0.0972. The summed E-state index contributed by atoms with van der Waals surface area (Å²) in [6.45, 7) is 6.08. The third kappa shape index (κ3) is 6.63. The maximum atomic E-state index is 12.5. The molecule has 1 aliphatic heterocycles. The third-order valence-corrected chi connectivity index (χ3v) is 5.03. The molecule has 1 saturated heterocycles. The summed E-state index contributed by atoms with van der Waals surface area (Å²) in [5, 5.41) is 15.2. The summed E-state index contributed by atoms with van der Waals surface area (Å²) in [5.74, 6) is -2.38. The Morgan fingerprint density at radius 2 is 1.79 bits per heavy atom. The number of aromatic nitrogens is 4. The number of pyridine rings is 2. The molecule has 1 amide bonds. The predicted molar refractivity (Wildman–Crippen MR) is 119 cm³/mol. The standard InChI is InChI=1S/C19H23N7O.C2HF3O2/c1-14-9-15-12-22-26(19(15)21-11-14)13-18(27)23-17-10-16(3-4-20-17)25-7-5-24(2)6-8-25;3-2(4,5)1(6)7/h3-4,9-12H,5-8,13H2,1-2H3,(H,20,23,27);(H,6,7). The van der Waals surface area contributed by atoms with Crippen LogP contribution in [0.3, 0.4) is 0 Å². The predicted octanol–water partition coefficient (Wildman–Crippen LogP) is 2.16. The molecule has 34 heavy (non-hydrogen) atoms. The van der Waals surface area contributed by atoms with Crippen molar-refractivity contribution in [2.24, 2.45) is 0 Å². The summed E-state index contributed by atoms with van der Waals surface area (Å²) in [6.07, 6.45) is 0.158. The lowest BCUT2D eigenvalue weighted by atomic mass is 10.2. The van der Waals surface area contributed by atoms with Crippen molar-refractivity contribution in [3.63, 3.8) is 0 Å². The largest absolute Gasteiger partial charge is 0.490 e. The van der Waals surface area contributed by atoms with E-state index in [-0.39, 0.29) is 12.5 Å². The molecule has 0 aliphatic carbocycles. The number of carboxylic acid groups (broad SMARTS) is 1. The Morgan fingerprint density at radius 1 is 1.12 bits per heavy atom. The molecule has 13 heteroatoms. The van der Waals surface area contributed by atoms with Crippen molar-refractivity contribution >= 4 is 34.4 Å². The van der Waals surface area contributed by atoms with E-state index >= 15 is 0 Å². The number of halogens is 3. The van der Waals surface area contributed by atoms with E-state index < -0.39 is 12.1 Å². The average molecular weight is 479 g/mol. The lowest BCUT2D eigenvalue weighted by Gasteiger charge is -2.34. The first-order valence-electron chi connectivity index (χ1n) is 10.3. The van der Waals surface area contributed by atoms with Crippen LogP contribution in [-0.4, -0.2) is 81.0 Å². The second-order valence-corrected chi connectivity index (χ2v) is 7.77. The van der Waals surface area contributed by atoms with Gasteiger partial charge in [-0.15, -0.1) is 0 Å². The van der Waals surface area contributed by atoms with E-state index in [0.29, 0.717) is 11.5 Å². The van der Waals surface area contributed by atoms with Crippen LogP contribution in [0.5, 0.6) is 0 Å². The van der Waals surface area contributed by atoms with E-state index in [0.717, 1.165) is 42.8 Å². The van der Waals surface area contributed by atoms with Crippen molar-refractivity contribution < 1.29 is 27.9 Å². The topological polar surface area (TPSA) is 116 Å². The maximum Gasteiger partial charge on any atom is 0.490 e. The Hall–Kier alpha value is -3.74. The second kappa shape index (κ2) is 10.5. The fourth-order valence-corrected chi connectivity index (χ4v) is 3.27. The smallest absolute Gasteiger partial charge is 0.475 e. The van der Waals surface area contributed by atoms with Crippen molar-refractivity contribution in [3.05, 3.63) is 42.4 Å². The van der Waals surface area contributed by atoms with Crippen LogP contribution in [0.15, 0.2) is 36.8 Å². The summed E-state index contributed by atoms with van der Waals surface area (Å²) in [5.41, 5.74) is 2.85. The summed E-state index contributed by atoms with van der Waals surface area (Å²) in [4.78, 5) is 34.6. The van der Waals surface area contributed by atoms with Gasteiger partial charge in [-0.05, 0) is 31.7 Å². The molecule has 0 atom stereocenters. The molecular weight excluding hydrogens is 455 g/mol. The summed E-state index contributed by atoms with van der Waals surface area (Å²) in [7, 11) is 2.13. The van der Waals surface area contributed by atoms with Gasteiger partial charge in [-0.25, -0.2) is 19.4 Å². The quantitative estimate of drug-likeness (QED) is 0.585. The Bertz CT molecular complexity index is 1160. The molecule has 3 aromatic heterocycles. The van der Waals surface area contributed by atoms with Crippen LogP contribution in [0.2, 0.25) is 0 Å². The minimum atomic E-state index is -5.08. The van der Waals surface area contributed by atoms with Crippen LogP contribution in [0.25, 0.3) is 11.0 Å². The molecule has 0 bridgehead atoms. The van der Waals surface area contributed by atoms with Gasteiger partial charge in [-0.3, -0.25) is 4.79 Å². The zero-order valence-corrected chi connectivity index (χ0v) is 18.6. The Morgan fingerprint density at radius 3 is 2.44 bits per heavy atom. The van der Waals surface area contributed by atoms with E-state index in [9.17, 15) is 18.0 Å². The Labute approximate surface area is 193 Å². The zero-order valence-electron chi connectivity index (χ0n) is 18.6. The van der Waals surface area contributed by atoms with Crippen LogP contribution in [-0.2, 0) is 16.1 Å². The highest BCUT2D eigenvalue weighted by Gasteiger charge is 2.38. The molecule has 0 saturated carbocycles. The number of hydrogen-bond donors (Lipinski definition) is 2. The number of hydrogen-bond acceptors (Lipinski definition) is 7. The molecule has 1 aliphatic rings. The number of fused-ring (bicyclic) bond motifs is 1. The number of aryl methyl sites for hydroxylation is 1. The number of amides is 1. The minimum Gasteiger partial charge on any atom is -0.475 e. The van der Waals surface area contributed by atoms with Crippen LogP contribution in [0.1, 0.15) is 5.56 Å². The van der Waals surface area contributed by atoms with E-state index in [1.807, 2.05) is 25.1 Å². The van der Waals surface area contributed by atoms with E-state index in [1.54, 1.807) is 23.3 Å². The van der Waals surface area contributed by atoms with Crippen LogP contribution in [0, 0.1) is 6.92 Å². The van der Waals surface area contributed by atoms with Gasteiger partial charge in [0.05, 0.1) is 6.20 Å². The number of alkyl halides is 3. The molecule has 3 aromatic rings. The zero-order chi connectivity index (χ0) is 24.9. The van der Waals surface area contributed by atoms with Crippen molar-refractivity contribution in [1.29, 1.82) is 0 Å². The molecule has 0 radical (unpaired) electrons. The van der Waals surface area contributed by atoms with Gasteiger partial charge in [0.2, 0.25) is 5.91 Å². The molecule has 0 spiro atoms. The summed E-state index contributed by atoms with van der Waals surface area (Å²) >= 11 is 0. The number of carbonyl (C=O) groups excluding carboxylic acids is 1. The molecule has 0 unspecified atom stereocenters. The van der Waals surface area contributed by atoms with Gasteiger partial charge in [-0.2, -0.15) is 18.3 Å². The van der Waals surface area contributed by atoms with Gasteiger partial charge in [0, 0.05) is 55.7 Å². The molecular formula is C21H24F3N7O3. The number of aliphatic carboxylic acids is 1. The van der Waals surface area contributed by atoms with E-state index in [2.05, 4.69) is 37.2 Å². The second-order valence-electron chi connectivity index (χ2n) is 7.77. The maximum absolute atomic E-state index is 12.5. The van der Waals surface area contributed by atoms with Crippen molar-refractivity contribution in [1.82, 2.24) is 24.6 Å². The lowest BCUT2D eigenvalue weighted by molar-refractivity contribution is -0.192. The fraction of sp³-hybridized carbons (Fsp3) is 0.381. The summed E-state index contributed by atoms with van der Waals surface area (Å²) < 4.78 is 33.3. The molecule has 4 rings (SSSR count). The number of likely N-dealkylation sites (N-methyl/N-ethyl adjacent to an activating group) is 1. The number of nitrogens with one attached hydrogen (secondary N) is 1. The number of rotatable bonds is 4. The average Bonchev–Trinajstić information content (AvgIpc) is 3.15. The van der Waals surface area contributed by atoms with Crippen molar-refractivity contribution in [2.45, 2.75) is 19.6 Å². The highest BCUT2D eigenvalue weighted by Crippen LogP contribution is 2.19. The Balaban J connectivity index is 0.000000406. The van der Waals surface area contributed by atoms with Gasteiger partial charge >= 0.3 is 12.1 Å². The van der Waals surface area contributed by atoms with Gasteiger partial charge in [0.25, 0.3) is 0 Å². The fourth-order valence-electron chi connectivity index (χ4n) is 3.27. The molecule has 4 heterocycles. The van der Waals surface area contributed by atoms with Gasteiger partial charge < -0.3 is 20.2 Å². The monoisotopic (exact) mass is 479 g/mol. The lowest BCUT2D eigenvalue weighted by Crippen LogP contribution is -2.44. The number of anilines is 2. The van der Waals surface area contributed by atoms with Crippen LogP contribution in [0.4, 0.5) is 24.7 Å². The number of carbonyl (C=O) groups is 2. The first-order chi connectivity index (χ1) is 16.0. The van der Waals surface area contributed by atoms with E-state index in [4.69, 9.17) is 9.90 Å². The van der Waals surface area contributed by atoms with Gasteiger partial charge in [0.1, 0.15) is 12.4 Å². The first-order valence-corrected chi connectivity index (χ1v) is 10.3. The Kier molecular flexibility index (Phi) is 7.66. The van der Waals surface area contributed by atoms with E-state index in [1.165, 1.54) is 0 Å². The molecule has 182 valence electrons. The molecule has 10 nitrogen and oxygen atoms in total.